The molecule has 0 spiro atoms. The second kappa shape index (κ2) is 6.30. The van der Waals surface area contributed by atoms with E-state index >= 15 is 0 Å². The summed E-state index contributed by atoms with van der Waals surface area (Å²) in [5.41, 5.74) is 0.743. The van der Waals surface area contributed by atoms with Crippen molar-refractivity contribution in [3.05, 3.63) is 28.3 Å². The van der Waals surface area contributed by atoms with Crippen molar-refractivity contribution in [2.24, 2.45) is 0 Å². The van der Waals surface area contributed by atoms with Crippen molar-refractivity contribution >= 4 is 11.4 Å². The molecule has 0 aliphatic carbocycles. The third kappa shape index (κ3) is 4.32. The molecule has 0 aromatic heterocycles. The van der Waals surface area contributed by atoms with Crippen molar-refractivity contribution in [2.75, 3.05) is 18.4 Å². The van der Waals surface area contributed by atoms with Crippen LogP contribution in [0, 0.1) is 10.1 Å². The fourth-order valence-corrected chi connectivity index (χ4v) is 2.55. The minimum absolute atomic E-state index is 0.0191. The Kier molecular flexibility index (Phi) is 4.67. The molecule has 1 heterocycles. The SMILES string of the molecule is CC(C)Oc1cc(NC2(C)CCNCC2)cc([N+](=O)[O-])c1. The van der Waals surface area contributed by atoms with Gasteiger partial charge < -0.3 is 15.4 Å². The summed E-state index contributed by atoms with van der Waals surface area (Å²) >= 11 is 0. The summed E-state index contributed by atoms with van der Waals surface area (Å²) in [4.78, 5) is 10.7. The van der Waals surface area contributed by atoms with E-state index in [2.05, 4.69) is 17.6 Å². The third-order valence-electron chi connectivity index (χ3n) is 3.63. The third-order valence-corrected chi connectivity index (χ3v) is 3.63. The number of piperidine rings is 1. The molecular weight excluding hydrogens is 270 g/mol. The molecule has 1 aliphatic heterocycles. The van der Waals surface area contributed by atoms with Crippen molar-refractivity contribution in [3.8, 4) is 5.75 Å². The molecule has 1 aromatic carbocycles. The van der Waals surface area contributed by atoms with Gasteiger partial charge in [0, 0.05) is 23.4 Å². The maximum absolute atomic E-state index is 11.1. The Balaban J connectivity index is 2.24. The van der Waals surface area contributed by atoms with Crippen LogP contribution in [0.3, 0.4) is 0 Å². The van der Waals surface area contributed by atoms with Gasteiger partial charge in [-0.3, -0.25) is 10.1 Å². The highest BCUT2D eigenvalue weighted by Gasteiger charge is 2.27. The molecule has 1 aromatic rings. The summed E-state index contributed by atoms with van der Waals surface area (Å²) < 4.78 is 5.61. The zero-order chi connectivity index (χ0) is 15.5. The van der Waals surface area contributed by atoms with Crippen LogP contribution in [0.4, 0.5) is 11.4 Å². The molecule has 1 aliphatic rings. The first-order chi connectivity index (χ1) is 9.88. The van der Waals surface area contributed by atoms with Crippen molar-refractivity contribution in [3.63, 3.8) is 0 Å². The molecule has 1 fully saturated rings. The van der Waals surface area contributed by atoms with Crippen LogP contribution in [0.5, 0.6) is 5.75 Å². The Morgan fingerprint density at radius 1 is 1.33 bits per heavy atom. The van der Waals surface area contributed by atoms with Gasteiger partial charge in [-0.15, -0.1) is 0 Å². The molecule has 6 nitrogen and oxygen atoms in total. The van der Waals surface area contributed by atoms with E-state index in [1.54, 1.807) is 6.07 Å². The number of nitro benzene ring substituents is 1. The first kappa shape index (κ1) is 15.6. The Morgan fingerprint density at radius 3 is 2.57 bits per heavy atom. The van der Waals surface area contributed by atoms with Crippen LogP contribution in [0.2, 0.25) is 0 Å². The van der Waals surface area contributed by atoms with Crippen molar-refractivity contribution in [1.29, 1.82) is 0 Å². The van der Waals surface area contributed by atoms with E-state index in [-0.39, 0.29) is 22.3 Å². The molecule has 0 amide bonds. The number of hydrogen-bond acceptors (Lipinski definition) is 5. The number of non-ortho nitro benzene ring substituents is 1. The smallest absolute Gasteiger partial charge is 0.275 e. The fraction of sp³-hybridized carbons (Fsp3) is 0.600. The Hall–Kier alpha value is -1.82. The molecule has 1 saturated heterocycles. The molecule has 0 atom stereocenters. The maximum atomic E-state index is 11.1. The van der Waals surface area contributed by atoms with Crippen molar-refractivity contribution in [1.82, 2.24) is 5.32 Å². The lowest BCUT2D eigenvalue weighted by molar-refractivity contribution is -0.384. The number of anilines is 1. The largest absolute Gasteiger partial charge is 0.491 e. The number of benzene rings is 1. The van der Waals surface area contributed by atoms with E-state index in [0.29, 0.717) is 5.75 Å². The standard InChI is InChI=1S/C15H23N3O3/c1-11(2)21-14-9-12(8-13(10-14)18(19)20)17-15(3)4-6-16-7-5-15/h8-11,16-17H,4-7H2,1-3H3. The number of nitro groups is 1. The van der Waals surface area contributed by atoms with Crippen LogP contribution in [-0.4, -0.2) is 29.7 Å². The molecule has 0 saturated carbocycles. The summed E-state index contributed by atoms with van der Waals surface area (Å²) in [6.07, 6.45) is 1.95. The minimum atomic E-state index is -0.386. The topological polar surface area (TPSA) is 76.4 Å². The van der Waals surface area contributed by atoms with Gasteiger partial charge in [0.1, 0.15) is 5.75 Å². The van der Waals surface area contributed by atoms with Crippen LogP contribution in [0.15, 0.2) is 18.2 Å². The summed E-state index contributed by atoms with van der Waals surface area (Å²) in [6.45, 7) is 7.86. The first-order valence-corrected chi connectivity index (χ1v) is 7.33. The second-order valence-corrected chi connectivity index (χ2v) is 6.07. The van der Waals surface area contributed by atoms with Crippen LogP contribution >= 0.6 is 0 Å². The highest BCUT2D eigenvalue weighted by molar-refractivity contribution is 5.57. The lowest BCUT2D eigenvalue weighted by Gasteiger charge is -2.36. The van der Waals surface area contributed by atoms with E-state index in [1.165, 1.54) is 6.07 Å². The van der Waals surface area contributed by atoms with Gasteiger partial charge in [0.25, 0.3) is 5.69 Å². The van der Waals surface area contributed by atoms with Gasteiger partial charge in [-0.25, -0.2) is 0 Å². The van der Waals surface area contributed by atoms with Gasteiger partial charge in [0.15, 0.2) is 0 Å². The van der Waals surface area contributed by atoms with Gasteiger partial charge in [-0.05, 0) is 46.7 Å². The average molecular weight is 293 g/mol. The predicted molar refractivity (Wildman–Crippen MR) is 83.0 cm³/mol. The quantitative estimate of drug-likeness (QED) is 0.645. The van der Waals surface area contributed by atoms with Crippen molar-refractivity contribution < 1.29 is 9.66 Å². The lowest BCUT2D eigenvalue weighted by atomic mass is 9.90. The van der Waals surface area contributed by atoms with Gasteiger partial charge >= 0.3 is 0 Å². The van der Waals surface area contributed by atoms with E-state index in [9.17, 15) is 10.1 Å². The second-order valence-electron chi connectivity index (χ2n) is 6.07. The van der Waals surface area contributed by atoms with Crippen LogP contribution in [-0.2, 0) is 0 Å². The van der Waals surface area contributed by atoms with E-state index in [1.807, 2.05) is 19.9 Å². The van der Waals surface area contributed by atoms with Crippen LogP contribution in [0.1, 0.15) is 33.6 Å². The molecular formula is C15H23N3O3. The summed E-state index contributed by atoms with van der Waals surface area (Å²) in [5, 5.41) is 17.8. The molecule has 2 rings (SSSR count). The van der Waals surface area contributed by atoms with E-state index in [0.717, 1.165) is 31.6 Å². The van der Waals surface area contributed by atoms with Crippen LogP contribution < -0.4 is 15.4 Å². The Labute approximate surface area is 125 Å². The molecule has 0 radical (unpaired) electrons. The van der Waals surface area contributed by atoms with E-state index < -0.39 is 0 Å². The summed E-state index contributed by atoms with van der Waals surface area (Å²) in [6, 6.07) is 4.87. The van der Waals surface area contributed by atoms with Gasteiger partial charge in [-0.2, -0.15) is 0 Å². The molecule has 0 bridgehead atoms. The molecule has 116 valence electrons. The van der Waals surface area contributed by atoms with Gasteiger partial charge in [-0.1, -0.05) is 0 Å². The molecule has 2 N–H and O–H groups in total. The van der Waals surface area contributed by atoms with E-state index in [4.69, 9.17) is 4.74 Å². The fourth-order valence-electron chi connectivity index (χ4n) is 2.55. The zero-order valence-corrected chi connectivity index (χ0v) is 12.8. The average Bonchev–Trinajstić information content (AvgIpc) is 2.37. The van der Waals surface area contributed by atoms with Crippen LogP contribution in [0.25, 0.3) is 0 Å². The number of rotatable bonds is 5. The first-order valence-electron chi connectivity index (χ1n) is 7.33. The normalized spacial score (nSPS) is 17.5. The molecule has 0 unspecified atom stereocenters. The Bertz CT molecular complexity index is 511. The number of hydrogen-bond donors (Lipinski definition) is 2. The summed E-state index contributed by atoms with van der Waals surface area (Å²) in [7, 11) is 0. The zero-order valence-electron chi connectivity index (χ0n) is 12.8. The number of nitrogens with zero attached hydrogens (tertiary/aromatic N) is 1. The number of nitrogens with one attached hydrogen (secondary N) is 2. The highest BCUT2D eigenvalue weighted by Crippen LogP contribution is 2.30. The Morgan fingerprint density at radius 2 is 2.00 bits per heavy atom. The monoisotopic (exact) mass is 293 g/mol. The van der Waals surface area contributed by atoms with Gasteiger partial charge in [0.05, 0.1) is 17.1 Å². The lowest BCUT2D eigenvalue weighted by Crippen LogP contribution is -2.45. The summed E-state index contributed by atoms with van der Waals surface area (Å²) in [5.74, 6) is 0.527. The number of ether oxygens (including phenoxy) is 1. The molecule has 6 heteroatoms. The highest BCUT2D eigenvalue weighted by atomic mass is 16.6. The van der Waals surface area contributed by atoms with Crippen molar-refractivity contribution in [2.45, 2.75) is 45.3 Å². The molecule has 21 heavy (non-hydrogen) atoms. The maximum Gasteiger partial charge on any atom is 0.275 e. The van der Waals surface area contributed by atoms with Gasteiger partial charge in [0.2, 0.25) is 0 Å². The predicted octanol–water partition coefficient (Wildman–Crippen LogP) is 2.94. The minimum Gasteiger partial charge on any atom is -0.491 e.